The number of epoxide rings is 1. The fourth-order valence-corrected chi connectivity index (χ4v) is 6.99. The second-order valence-corrected chi connectivity index (χ2v) is 12.5. The molecule has 6 rings (SSSR count). The van der Waals surface area contributed by atoms with Crippen LogP contribution in [0.15, 0.2) is 66.7 Å². The first-order chi connectivity index (χ1) is 20.2. The van der Waals surface area contributed by atoms with E-state index in [2.05, 4.69) is 24.7 Å². The minimum absolute atomic E-state index is 0. The molecule has 2 amide bonds. The molecule has 10 heteroatoms. The summed E-state index contributed by atoms with van der Waals surface area (Å²) < 4.78 is 12.8. The number of aliphatic hydroxyl groups is 1. The molecular weight excluding hydrogens is 681 g/mol. The van der Waals surface area contributed by atoms with Crippen LogP contribution in [-0.2, 0) is 27.3 Å². The largest absolute Gasteiger partial charge is 1.00 e. The number of benzene rings is 3. The molecular formula is C33H37ClIN3O5. The molecule has 3 aromatic carbocycles. The third-order valence-corrected chi connectivity index (χ3v) is 9.39. The number of nitrogens with one attached hydrogen (secondary N) is 2. The Kier molecular flexibility index (Phi) is 9.67. The average molecular weight is 718 g/mol. The number of hydrogen-bond acceptors (Lipinski definition) is 5. The van der Waals surface area contributed by atoms with E-state index in [0.717, 1.165) is 34.0 Å². The normalized spacial score (nSPS) is 24.3. The number of likely N-dealkylation sites (N-methyl/N-ethyl adjacent to an activating group) is 1. The molecule has 3 aliphatic heterocycles. The Morgan fingerprint density at radius 3 is 2.33 bits per heavy atom. The van der Waals surface area contributed by atoms with Crippen molar-refractivity contribution in [3.8, 4) is 11.1 Å². The number of quaternary nitrogens is 1. The second kappa shape index (κ2) is 13.1. The zero-order valence-corrected chi connectivity index (χ0v) is 27.2. The lowest BCUT2D eigenvalue weighted by molar-refractivity contribution is -0.938. The lowest BCUT2D eigenvalue weighted by Crippen LogP contribution is -3.00. The summed E-state index contributed by atoms with van der Waals surface area (Å²) in [5.74, 6) is -0.136. The smallest absolute Gasteiger partial charge is 0.411 e. The summed E-state index contributed by atoms with van der Waals surface area (Å²) in [6, 6.07) is 21.7. The van der Waals surface area contributed by atoms with E-state index in [9.17, 15) is 14.7 Å². The summed E-state index contributed by atoms with van der Waals surface area (Å²) in [5.41, 5.74) is 4.81. The lowest BCUT2D eigenvalue weighted by atomic mass is 9.96. The maximum Gasteiger partial charge on any atom is 0.411 e. The van der Waals surface area contributed by atoms with Crippen LogP contribution in [0.2, 0.25) is 5.02 Å². The van der Waals surface area contributed by atoms with Crippen molar-refractivity contribution in [2.45, 2.75) is 69.1 Å². The highest BCUT2D eigenvalue weighted by Crippen LogP contribution is 2.51. The first kappa shape index (κ1) is 31.7. The van der Waals surface area contributed by atoms with Crippen LogP contribution in [0.5, 0.6) is 0 Å². The molecule has 3 heterocycles. The van der Waals surface area contributed by atoms with E-state index in [1.807, 2.05) is 48.5 Å². The van der Waals surface area contributed by atoms with Gasteiger partial charge < -0.3 is 48.4 Å². The van der Waals surface area contributed by atoms with E-state index in [1.165, 1.54) is 0 Å². The topological polar surface area (TPSA) is 100 Å². The van der Waals surface area contributed by atoms with Gasteiger partial charge in [0.2, 0.25) is 5.91 Å². The second-order valence-electron chi connectivity index (χ2n) is 12.1. The van der Waals surface area contributed by atoms with E-state index in [4.69, 9.17) is 21.1 Å². The van der Waals surface area contributed by atoms with Crippen molar-refractivity contribution in [3.05, 3.63) is 82.9 Å². The van der Waals surface area contributed by atoms with Gasteiger partial charge in [-0.1, -0.05) is 60.1 Å². The van der Waals surface area contributed by atoms with E-state index >= 15 is 0 Å². The number of anilines is 2. The Bertz CT molecular complexity index is 1470. The van der Waals surface area contributed by atoms with Crippen LogP contribution in [0.1, 0.15) is 36.8 Å². The van der Waals surface area contributed by atoms with Gasteiger partial charge in [-0.3, -0.25) is 10.1 Å². The summed E-state index contributed by atoms with van der Waals surface area (Å²) in [6.45, 7) is -0.110. The van der Waals surface area contributed by atoms with Gasteiger partial charge in [0.25, 0.3) is 0 Å². The van der Waals surface area contributed by atoms with Crippen molar-refractivity contribution in [1.82, 2.24) is 0 Å². The SMILES string of the molecule is C[N+]1(C)[C@@H]2CC(OC(=O)Nc3cc(CCCC(=O)Nc4ccc(CO)cc4Cl)ccc3-c3ccccc3)C[C@H]1[C@@H]1O[C@@H]12.[I-]. The fraction of sp³-hybridized carbons (Fsp3) is 0.394. The van der Waals surface area contributed by atoms with E-state index < -0.39 is 6.09 Å². The number of nitrogens with zero attached hydrogens (tertiary/aromatic N) is 1. The predicted octanol–water partition coefficient (Wildman–Crippen LogP) is 2.77. The molecule has 43 heavy (non-hydrogen) atoms. The van der Waals surface area contributed by atoms with Gasteiger partial charge in [0.05, 0.1) is 37.1 Å². The molecule has 0 radical (unpaired) electrons. The molecule has 228 valence electrons. The lowest BCUT2D eigenvalue weighted by Gasteiger charge is -2.45. The molecule has 3 aliphatic rings. The van der Waals surface area contributed by atoms with Crippen LogP contribution < -0.4 is 34.6 Å². The third-order valence-electron chi connectivity index (χ3n) is 9.08. The van der Waals surface area contributed by atoms with Crippen molar-refractivity contribution in [2.24, 2.45) is 0 Å². The van der Waals surface area contributed by atoms with E-state index in [-0.39, 0.29) is 42.6 Å². The standard InChI is InChI=1S/C33H36ClN3O5.HI/c1-37(2)28-17-23(18-29(37)32-31(28)42-32)41-33(40)36-27-16-20(11-13-24(27)22-8-4-3-5-9-22)7-6-10-30(39)35-26-14-12-21(19-38)15-25(26)34;/h3-5,8-9,11-16,23,28-29,31-32,38H,6-7,10,17-19H2,1-2H3,(H-,35,36,39,40);1H/t23?,28-,29+,31-,32+;. The number of morpholine rings is 1. The molecule has 0 aromatic heterocycles. The number of hydrogen-bond donors (Lipinski definition) is 3. The fourth-order valence-electron chi connectivity index (χ4n) is 6.74. The van der Waals surface area contributed by atoms with Gasteiger partial charge in [0, 0.05) is 24.8 Å². The third kappa shape index (κ3) is 6.86. The number of amides is 2. The minimum atomic E-state index is -0.445. The van der Waals surface area contributed by atoms with Gasteiger partial charge in [-0.05, 0) is 47.7 Å². The average Bonchev–Trinajstić information content (AvgIpc) is 3.73. The molecule has 0 spiro atoms. The van der Waals surface area contributed by atoms with Crippen molar-refractivity contribution in [2.75, 3.05) is 24.7 Å². The minimum Gasteiger partial charge on any atom is -1.00 e. The first-order valence-electron chi connectivity index (χ1n) is 14.6. The predicted molar refractivity (Wildman–Crippen MR) is 162 cm³/mol. The van der Waals surface area contributed by atoms with Crippen LogP contribution in [-0.4, -0.2) is 66.1 Å². The first-order valence-corrected chi connectivity index (χ1v) is 14.9. The van der Waals surface area contributed by atoms with E-state index in [1.54, 1.807) is 18.2 Å². The number of carbonyl (C=O) groups is 2. The van der Waals surface area contributed by atoms with Gasteiger partial charge in [-0.2, -0.15) is 0 Å². The molecule has 5 atom stereocenters. The summed E-state index contributed by atoms with van der Waals surface area (Å²) >= 11 is 6.23. The summed E-state index contributed by atoms with van der Waals surface area (Å²) in [5, 5.41) is 15.5. The van der Waals surface area contributed by atoms with Gasteiger partial charge in [0.1, 0.15) is 30.4 Å². The van der Waals surface area contributed by atoms with E-state index in [0.29, 0.717) is 65.5 Å². The van der Waals surface area contributed by atoms with Crippen LogP contribution in [0, 0.1) is 0 Å². The van der Waals surface area contributed by atoms with Gasteiger partial charge in [0.15, 0.2) is 0 Å². The number of rotatable bonds is 9. The number of ether oxygens (including phenoxy) is 2. The molecule has 0 aliphatic carbocycles. The van der Waals surface area contributed by atoms with Crippen molar-refractivity contribution in [3.63, 3.8) is 0 Å². The van der Waals surface area contributed by atoms with Crippen molar-refractivity contribution >= 4 is 35.0 Å². The molecule has 3 N–H and O–H groups in total. The molecule has 3 fully saturated rings. The number of carbonyl (C=O) groups excluding carboxylic acids is 2. The molecule has 2 bridgehead atoms. The van der Waals surface area contributed by atoms with Crippen LogP contribution in [0.3, 0.4) is 0 Å². The molecule has 0 saturated carbocycles. The number of piperidine rings is 1. The molecule has 3 saturated heterocycles. The highest BCUT2D eigenvalue weighted by atomic mass is 127. The molecule has 1 unspecified atom stereocenters. The quantitative estimate of drug-likeness (QED) is 0.180. The Morgan fingerprint density at radius 1 is 0.953 bits per heavy atom. The Balaban J connectivity index is 0.00000368. The zero-order valence-electron chi connectivity index (χ0n) is 24.3. The monoisotopic (exact) mass is 717 g/mol. The summed E-state index contributed by atoms with van der Waals surface area (Å²) in [7, 11) is 4.51. The van der Waals surface area contributed by atoms with Crippen molar-refractivity contribution in [1.29, 1.82) is 0 Å². The van der Waals surface area contributed by atoms with Crippen LogP contribution in [0.25, 0.3) is 11.1 Å². The number of aryl methyl sites for hydroxylation is 1. The van der Waals surface area contributed by atoms with Crippen LogP contribution >= 0.6 is 11.6 Å². The Morgan fingerprint density at radius 2 is 1.65 bits per heavy atom. The highest BCUT2D eigenvalue weighted by Gasteiger charge is 2.70. The zero-order chi connectivity index (χ0) is 29.4. The Hall–Kier alpha value is -2.70. The van der Waals surface area contributed by atoms with Gasteiger partial charge in [-0.15, -0.1) is 0 Å². The number of aliphatic hydroxyl groups excluding tert-OH is 1. The summed E-state index contributed by atoms with van der Waals surface area (Å²) in [6.07, 6.45) is 3.24. The Labute approximate surface area is 274 Å². The van der Waals surface area contributed by atoms with Crippen molar-refractivity contribution < 1.29 is 52.6 Å². The molecule has 3 aromatic rings. The highest BCUT2D eigenvalue weighted by molar-refractivity contribution is 6.33. The van der Waals surface area contributed by atoms with Gasteiger partial charge >= 0.3 is 6.09 Å². The number of fused-ring (bicyclic) bond motifs is 5. The summed E-state index contributed by atoms with van der Waals surface area (Å²) in [4.78, 5) is 25.7. The number of halogens is 2. The molecule has 8 nitrogen and oxygen atoms in total. The van der Waals surface area contributed by atoms with Gasteiger partial charge in [-0.25, -0.2) is 4.79 Å². The maximum absolute atomic E-state index is 13.2. The van der Waals surface area contributed by atoms with Crippen LogP contribution in [0.4, 0.5) is 16.2 Å². The maximum atomic E-state index is 13.2.